The zero-order valence-corrected chi connectivity index (χ0v) is 14.5. The van der Waals surface area contributed by atoms with Crippen molar-refractivity contribution < 1.29 is 32.6 Å². The van der Waals surface area contributed by atoms with E-state index in [2.05, 4.69) is 5.32 Å². The second-order valence-corrected chi connectivity index (χ2v) is 6.61. The molecule has 0 saturated carbocycles. The summed E-state index contributed by atoms with van der Waals surface area (Å²) in [5, 5.41) is 11.7. The number of nitrogens with zero attached hydrogens (tertiary/aromatic N) is 1. The van der Waals surface area contributed by atoms with Gasteiger partial charge in [0.25, 0.3) is 0 Å². The number of aliphatic carboxylic acids is 1. The van der Waals surface area contributed by atoms with Crippen molar-refractivity contribution in [2.75, 3.05) is 25.0 Å². The number of rotatable bonds is 4. The van der Waals surface area contributed by atoms with Crippen LogP contribution in [0.3, 0.4) is 0 Å². The summed E-state index contributed by atoms with van der Waals surface area (Å²) >= 11 is 0. The monoisotopic (exact) mass is 374 g/mol. The molecule has 2 atom stereocenters. The largest absolute Gasteiger partial charge is 0.482 e. The van der Waals surface area contributed by atoms with Gasteiger partial charge < -0.3 is 20.1 Å². The van der Waals surface area contributed by atoms with E-state index in [9.17, 15) is 27.9 Å². The van der Waals surface area contributed by atoms with Crippen molar-refractivity contribution >= 4 is 17.7 Å². The van der Waals surface area contributed by atoms with Crippen LogP contribution in [0.2, 0.25) is 0 Å². The molecular weight excluding hydrogens is 353 g/mol. The van der Waals surface area contributed by atoms with Gasteiger partial charge in [-0.3, -0.25) is 4.79 Å². The number of carbonyl (C=O) groups excluding carboxylic acids is 1. The summed E-state index contributed by atoms with van der Waals surface area (Å²) in [4.78, 5) is 25.0. The topological polar surface area (TPSA) is 78.9 Å². The summed E-state index contributed by atoms with van der Waals surface area (Å²) in [5.41, 5.74) is 0.785. The first-order valence-electron chi connectivity index (χ1n) is 8.14. The third-order valence-electron chi connectivity index (χ3n) is 4.07. The first-order valence-corrected chi connectivity index (χ1v) is 8.14. The van der Waals surface area contributed by atoms with Gasteiger partial charge in [0.1, 0.15) is 5.75 Å². The smallest absolute Gasteiger partial charge is 0.422 e. The number of urea groups is 1. The Hall–Kier alpha value is -2.45. The molecule has 1 aromatic rings. The van der Waals surface area contributed by atoms with Crippen LogP contribution >= 0.6 is 0 Å². The second-order valence-electron chi connectivity index (χ2n) is 6.61. The number of benzene rings is 1. The molecule has 2 rings (SSSR count). The SMILES string of the molecule is Cc1ccc(NC(=O)N2CC(C)CC(C(=O)O)C2)c(OCC(F)(F)F)c1. The lowest BCUT2D eigenvalue weighted by Crippen LogP contribution is -2.47. The van der Waals surface area contributed by atoms with Crippen molar-refractivity contribution in [3.05, 3.63) is 23.8 Å². The van der Waals surface area contributed by atoms with Crippen molar-refractivity contribution in [2.24, 2.45) is 11.8 Å². The van der Waals surface area contributed by atoms with Crippen LogP contribution in [0.25, 0.3) is 0 Å². The number of halogens is 3. The minimum atomic E-state index is -4.50. The Balaban J connectivity index is 2.11. The molecule has 6 nitrogen and oxygen atoms in total. The number of anilines is 1. The standard InChI is InChI=1S/C17H21F3N2O4/c1-10-3-4-13(14(6-10)26-9-17(18,19)20)21-16(25)22-7-11(2)5-12(8-22)15(23)24/h3-4,6,11-12H,5,7-9H2,1-2H3,(H,21,25)(H,23,24). The van der Waals surface area contributed by atoms with Gasteiger partial charge in [0.2, 0.25) is 0 Å². The number of carboxylic acid groups (broad SMARTS) is 1. The van der Waals surface area contributed by atoms with Crippen molar-refractivity contribution in [3.63, 3.8) is 0 Å². The van der Waals surface area contributed by atoms with Gasteiger partial charge in [0.05, 0.1) is 11.6 Å². The van der Waals surface area contributed by atoms with E-state index in [4.69, 9.17) is 4.74 Å². The minimum absolute atomic E-state index is 0.00886. The number of alkyl halides is 3. The number of hydrogen-bond donors (Lipinski definition) is 2. The van der Waals surface area contributed by atoms with Gasteiger partial charge in [-0.05, 0) is 37.0 Å². The Morgan fingerprint density at radius 3 is 2.65 bits per heavy atom. The molecule has 1 aliphatic rings. The number of nitrogens with one attached hydrogen (secondary N) is 1. The zero-order chi connectivity index (χ0) is 19.5. The van der Waals surface area contributed by atoms with Crippen LogP contribution < -0.4 is 10.1 Å². The lowest BCUT2D eigenvalue weighted by atomic mass is 9.91. The Labute approximate surface area is 148 Å². The molecule has 2 unspecified atom stereocenters. The van der Waals surface area contributed by atoms with Gasteiger partial charge in [0.15, 0.2) is 6.61 Å². The quantitative estimate of drug-likeness (QED) is 0.845. The fourth-order valence-corrected chi connectivity index (χ4v) is 2.90. The highest BCUT2D eigenvalue weighted by molar-refractivity contribution is 5.91. The molecule has 2 amide bonds. The average Bonchev–Trinajstić information content (AvgIpc) is 2.53. The molecule has 0 aliphatic carbocycles. The minimum Gasteiger partial charge on any atom is -0.482 e. The van der Waals surface area contributed by atoms with Crippen LogP contribution in [0.15, 0.2) is 18.2 Å². The zero-order valence-electron chi connectivity index (χ0n) is 14.5. The van der Waals surface area contributed by atoms with Crippen LogP contribution in [-0.2, 0) is 4.79 Å². The maximum atomic E-state index is 12.5. The molecule has 9 heteroatoms. The number of hydrogen-bond acceptors (Lipinski definition) is 3. The van der Waals surface area contributed by atoms with Gasteiger partial charge in [0, 0.05) is 13.1 Å². The molecule has 26 heavy (non-hydrogen) atoms. The summed E-state index contributed by atoms with van der Waals surface area (Å²) in [7, 11) is 0. The summed E-state index contributed by atoms with van der Waals surface area (Å²) in [6.07, 6.45) is -4.02. The molecule has 2 N–H and O–H groups in total. The Bertz CT molecular complexity index is 678. The van der Waals surface area contributed by atoms with Crippen molar-refractivity contribution in [1.29, 1.82) is 0 Å². The van der Waals surface area contributed by atoms with E-state index in [1.165, 1.54) is 17.0 Å². The van der Waals surface area contributed by atoms with Crippen molar-refractivity contribution in [3.8, 4) is 5.75 Å². The first kappa shape index (κ1) is 19.9. The molecule has 1 aromatic carbocycles. The van der Waals surface area contributed by atoms with Gasteiger partial charge in [-0.15, -0.1) is 0 Å². The highest BCUT2D eigenvalue weighted by atomic mass is 19.4. The fraction of sp³-hybridized carbons (Fsp3) is 0.529. The molecule has 1 aliphatic heterocycles. The van der Waals surface area contributed by atoms with E-state index in [0.717, 1.165) is 0 Å². The van der Waals surface area contributed by atoms with Crippen LogP contribution in [0.5, 0.6) is 5.75 Å². The second kappa shape index (κ2) is 7.84. The van der Waals surface area contributed by atoms with Crippen molar-refractivity contribution in [2.45, 2.75) is 26.4 Å². The van der Waals surface area contributed by atoms with Crippen LogP contribution in [0.1, 0.15) is 18.9 Å². The molecule has 0 radical (unpaired) electrons. The van der Waals surface area contributed by atoms with E-state index in [1.54, 1.807) is 13.0 Å². The maximum absolute atomic E-state index is 12.5. The molecule has 1 saturated heterocycles. The predicted molar refractivity (Wildman–Crippen MR) is 88.2 cm³/mol. The summed E-state index contributed by atoms with van der Waals surface area (Å²) in [6, 6.07) is 3.93. The fourth-order valence-electron chi connectivity index (χ4n) is 2.90. The lowest BCUT2D eigenvalue weighted by molar-refractivity contribution is -0.153. The highest BCUT2D eigenvalue weighted by Gasteiger charge is 2.32. The van der Waals surface area contributed by atoms with Gasteiger partial charge in [-0.2, -0.15) is 13.2 Å². The summed E-state index contributed by atoms with van der Waals surface area (Å²) < 4.78 is 42.0. The van der Waals surface area contributed by atoms with Gasteiger partial charge in [-0.1, -0.05) is 13.0 Å². The molecule has 0 bridgehead atoms. The molecule has 1 fully saturated rings. The molecule has 144 valence electrons. The van der Waals surface area contributed by atoms with Gasteiger partial charge >= 0.3 is 18.2 Å². The number of likely N-dealkylation sites (tertiary alicyclic amines) is 1. The van der Waals surface area contributed by atoms with E-state index in [1.807, 2.05) is 6.92 Å². The Morgan fingerprint density at radius 2 is 2.04 bits per heavy atom. The number of carboxylic acids is 1. The lowest BCUT2D eigenvalue weighted by Gasteiger charge is -2.34. The molecule has 0 spiro atoms. The maximum Gasteiger partial charge on any atom is 0.422 e. The number of carbonyl (C=O) groups is 2. The van der Waals surface area contributed by atoms with E-state index >= 15 is 0 Å². The predicted octanol–water partition coefficient (Wildman–Crippen LogP) is 3.51. The van der Waals surface area contributed by atoms with Crippen molar-refractivity contribution in [1.82, 2.24) is 4.90 Å². The number of ether oxygens (including phenoxy) is 1. The summed E-state index contributed by atoms with van der Waals surface area (Å²) in [5.74, 6) is -1.72. The van der Waals surface area contributed by atoms with Gasteiger partial charge in [-0.25, -0.2) is 4.79 Å². The van der Waals surface area contributed by atoms with Crippen LogP contribution in [-0.4, -0.2) is 47.9 Å². The molecular formula is C17H21F3N2O4. The van der Waals surface area contributed by atoms with Crippen LogP contribution in [0, 0.1) is 18.8 Å². The van der Waals surface area contributed by atoms with E-state index in [-0.39, 0.29) is 23.9 Å². The average molecular weight is 374 g/mol. The highest BCUT2D eigenvalue weighted by Crippen LogP contribution is 2.29. The Kier molecular flexibility index (Phi) is 5.99. The Morgan fingerprint density at radius 1 is 1.35 bits per heavy atom. The third-order valence-corrected chi connectivity index (χ3v) is 4.07. The summed E-state index contributed by atoms with van der Waals surface area (Å²) in [6.45, 7) is 2.49. The third kappa shape index (κ3) is 5.53. The molecule has 1 heterocycles. The normalized spacial score (nSPS) is 20.6. The van der Waals surface area contributed by atoms with E-state index in [0.29, 0.717) is 18.5 Å². The first-order chi connectivity index (χ1) is 12.0. The van der Waals surface area contributed by atoms with E-state index < -0.39 is 30.7 Å². The number of aryl methyl sites for hydroxylation is 1. The van der Waals surface area contributed by atoms with Crippen LogP contribution in [0.4, 0.5) is 23.7 Å². The number of amides is 2. The number of piperidine rings is 1. The molecule has 0 aromatic heterocycles.